The Morgan fingerprint density at radius 2 is 2.08 bits per heavy atom. The van der Waals surface area contributed by atoms with Crippen molar-refractivity contribution in [1.29, 1.82) is 0 Å². The van der Waals surface area contributed by atoms with Crippen molar-refractivity contribution < 1.29 is 0 Å². The molecule has 0 saturated carbocycles. The average molecular weight is 316 g/mol. The van der Waals surface area contributed by atoms with E-state index in [4.69, 9.17) is 4.98 Å². The van der Waals surface area contributed by atoms with Crippen LogP contribution in [-0.2, 0) is 0 Å². The van der Waals surface area contributed by atoms with Crippen LogP contribution in [0.3, 0.4) is 0 Å². The van der Waals surface area contributed by atoms with Crippen LogP contribution in [0, 0.1) is 0 Å². The number of hydrogen-bond donors (Lipinski definition) is 3. The van der Waals surface area contributed by atoms with Gasteiger partial charge in [-0.3, -0.25) is 10.1 Å². The molecule has 1 aliphatic rings. The van der Waals surface area contributed by atoms with Gasteiger partial charge in [0.05, 0.1) is 27.9 Å². The lowest BCUT2D eigenvalue weighted by atomic mass is 10.0. The molecule has 1 aliphatic heterocycles. The quantitative estimate of drug-likeness (QED) is 0.531. The standard InChI is InChI=1S/C18H16N6/c1-2-13-15(20-7-1)10-16(21-13)18-17-14(23-24-18)4-3-12(22-17)11-5-8-19-9-6-11/h1-5,7,10,19,21H,6,8-9H2,(H,23,24). The molecule has 3 N–H and O–H groups in total. The van der Waals surface area contributed by atoms with E-state index < -0.39 is 0 Å². The van der Waals surface area contributed by atoms with Crippen LogP contribution in [0.2, 0.25) is 0 Å². The fourth-order valence-corrected chi connectivity index (χ4v) is 3.20. The molecule has 0 amide bonds. The molecule has 0 atom stereocenters. The molecule has 6 heteroatoms. The number of H-pyrrole nitrogens is 2. The SMILES string of the molecule is C1=C(c2ccc3[nH]nc(-c4cc5ncccc5[nH]4)c3n2)CCNC1. The van der Waals surface area contributed by atoms with Gasteiger partial charge in [-0.05, 0) is 48.9 Å². The van der Waals surface area contributed by atoms with Crippen molar-refractivity contribution in [3.05, 3.63) is 48.3 Å². The molecule has 0 spiro atoms. The van der Waals surface area contributed by atoms with Crippen LogP contribution in [0.1, 0.15) is 12.1 Å². The molecule has 0 bridgehead atoms. The first-order valence-electron chi connectivity index (χ1n) is 8.08. The molecular weight excluding hydrogens is 300 g/mol. The maximum atomic E-state index is 4.88. The monoisotopic (exact) mass is 316 g/mol. The van der Waals surface area contributed by atoms with Gasteiger partial charge in [0.1, 0.15) is 11.2 Å². The van der Waals surface area contributed by atoms with E-state index in [0.717, 1.165) is 58.7 Å². The Labute approximate surface area is 138 Å². The Morgan fingerprint density at radius 3 is 2.96 bits per heavy atom. The van der Waals surface area contributed by atoms with Crippen molar-refractivity contribution in [2.45, 2.75) is 6.42 Å². The molecule has 0 radical (unpaired) electrons. The van der Waals surface area contributed by atoms with Gasteiger partial charge in [0.2, 0.25) is 0 Å². The minimum absolute atomic E-state index is 0.833. The van der Waals surface area contributed by atoms with Gasteiger partial charge < -0.3 is 10.3 Å². The maximum Gasteiger partial charge on any atom is 0.135 e. The zero-order valence-corrected chi connectivity index (χ0v) is 13.0. The highest BCUT2D eigenvalue weighted by Gasteiger charge is 2.15. The number of rotatable bonds is 2. The normalized spacial score (nSPS) is 15.1. The van der Waals surface area contributed by atoms with Crippen LogP contribution in [0.15, 0.2) is 42.6 Å². The van der Waals surface area contributed by atoms with Crippen molar-refractivity contribution in [2.75, 3.05) is 13.1 Å². The molecule has 4 aromatic rings. The van der Waals surface area contributed by atoms with Crippen molar-refractivity contribution in [2.24, 2.45) is 0 Å². The van der Waals surface area contributed by atoms with Crippen LogP contribution in [0.4, 0.5) is 0 Å². The van der Waals surface area contributed by atoms with Crippen molar-refractivity contribution in [3.8, 4) is 11.4 Å². The van der Waals surface area contributed by atoms with E-state index in [-0.39, 0.29) is 0 Å². The van der Waals surface area contributed by atoms with E-state index >= 15 is 0 Å². The summed E-state index contributed by atoms with van der Waals surface area (Å²) in [5, 5.41) is 10.9. The van der Waals surface area contributed by atoms with E-state index in [1.54, 1.807) is 6.20 Å². The zero-order valence-electron chi connectivity index (χ0n) is 13.0. The maximum absolute atomic E-state index is 4.88. The lowest BCUT2D eigenvalue weighted by molar-refractivity contribution is 0.737. The molecule has 0 fully saturated rings. The van der Waals surface area contributed by atoms with Gasteiger partial charge in [0, 0.05) is 12.7 Å². The molecule has 6 nitrogen and oxygen atoms in total. The Balaban J connectivity index is 1.66. The molecular formula is C18H16N6. The summed E-state index contributed by atoms with van der Waals surface area (Å²) in [5.74, 6) is 0. The van der Waals surface area contributed by atoms with Crippen molar-refractivity contribution >= 4 is 27.6 Å². The third-order valence-electron chi connectivity index (χ3n) is 4.44. The second kappa shape index (κ2) is 5.28. The van der Waals surface area contributed by atoms with E-state index in [1.165, 1.54) is 5.57 Å². The predicted molar refractivity (Wildman–Crippen MR) is 94.4 cm³/mol. The summed E-state index contributed by atoms with van der Waals surface area (Å²) in [7, 11) is 0. The topological polar surface area (TPSA) is 82.3 Å². The lowest BCUT2D eigenvalue weighted by Crippen LogP contribution is -2.20. The Kier molecular flexibility index (Phi) is 2.96. The van der Waals surface area contributed by atoms with Crippen LogP contribution in [-0.4, -0.2) is 38.2 Å². The molecule has 0 aliphatic carbocycles. The van der Waals surface area contributed by atoms with Gasteiger partial charge >= 0.3 is 0 Å². The van der Waals surface area contributed by atoms with Crippen molar-refractivity contribution in [1.82, 2.24) is 30.5 Å². The van der Waals surface area contributed by atoms with Crippen LogP contribution in [0.25, 0.3) is 39.0 Å². The van der Waals surface area contributed by atoms with Crippen LogP contribution < -0.4 is 5.32 Å². The number of fused-ring (bicyclic) bond motifs is 2. The second-order valence-corrected chi connectivity index (χ2v) is 5.97. The largest absolute Gasteiger partial charge is 0.352 e. The van der Waals surface area contributed by atoms with Gasteiger partial charge in [-0.2, -0.15) is 5.10 Å². The smallest absolute Gasteiger partial charge is 0.135 e. The predicted octanol–water partition coefficient (Wildman–Crippen LogP) is 2.88. The number of nitrogens with zero attached hydrogens (tertiary/aromatic N) is 3. The third-order valence-corrected chi connectivity index (χ3v) is 4.44. The van der Waals surface area contributed by atoms with Gasteiger partial charge in [0.25, 0.3) is 0 Å². The highest BCUT2D eigenvalue weighted by molar-refractivity contribution is 5.93. The number of pyridine rings is 2. The highest BCUT2D eigenvalue weighted by atomic mass is 15.1. The number of aromatic amines is 2. The fraction of sp³-hybridized carbons (Fsp3) is 0.167. The van der Waals surface area contributed by atoms with Gasteiger partial charge in [-0.25, -0.2) is 4.98 Å². The Hall–Kier alpha value is -2.99. The van der Waals surface area contributed by atoms with Gasteiger partial charge in [-0.15, -0.1) is 0 Å². The van der Waals surface area contributed by atoms with Crippen LogP contribution >= 0.6 is 0 Å². The first-order chi connectivity index (χ1) is 11.9. The summed E-state index contributed by atoms with van der Waals surface area (Å²) in [6.07, 6.45) is 5.01. The highest BCUT2D eigenvalue weighted by Crippen LogP contribution is 2.28. The molecule has 0 saturated heterocycles. The molecule has 5 rings (SSSR count). The molecule has 0 unspecified atom stereocenters. The molecule has 0 aromatic carbocycles. The minimum Gasteiger partial charge on any atom is -0.352 e. The first-order valence-corrected chi connectivity index (χ1v) is 8.08. The summed E-state index contributed by atoms with van der Waals surface area (Å²) < 4.78 is 0. The molecule has 118 valence electrons. The number of aromatic nitrogens is 5. The zero-order chi connectivity index (χ0) is 15.9. The van der Waals surface area contributed by atoms with E-state index in [9.17, 15) is 0 Å². The summed E-state index contributed by atoms with van der Waals surface area (Å²) >= 11 is 0. The van der Waals surface area contributed by atoms with E-state index in [2.05, 4.69) is 43.7 Å². The first kappa shape index (κ1) is 13.4. The second-order valence-electron chi connectivity index (χ2n) is 5.97. The number of nitrogens with one attached hydrogen (secondary N) is 3. The average Bonchev–Trinajstić information content (AvgIpc) is 3.25. The minimum atomic E-state index is 0.833. The third kappa shape index (κ3) is 2.11. The van der Waals surface area contributed by atoms with Crippen LogP contribution in [0.5, 0.6) is 0 Å². The Bertz CT molecular complexity index is 1040. The van der Waals surface area contributed by atoms with Gasteiger partial charge in [0.15, 0.2) is 0 Å². The summed E-state index contributed by atoms with van der Waals surface area (Å²) in [4.78, 5) is 12.6. The molecule has 4 aromatic heterocycles. The van der Waals surface area contributed by atoms with Gasteiger partial charge in [-0.1, -0.05) is 6.08 Å². The number of hydrogen-bond acceptors (Lipinski definition) is 4. The van der Waals surface area contributed by atoms with E-state index in [1.807, 2.05) is 18.2 Å². The summed E-state index contributed by atoms with van der Waals surface area (Å²) in [6, 6.07) is 10.1. The molecule has 24 heavy (non-hydrogen) atoms. The molecule has 5 heterocycles. The summed E-state index contributed by atoms with van der Waals surface area (Å²) in [5.41, 5.74) is 7.84. The summed E-state index contributed by atoms with van der Waals surface area (Å²) in [6.45, 7) is 1.90. The fourth-order valence-electron chi connectivity index (χ4n) is 3.20. The van der Waals surface area contributed by atoms with Crippen molar-refractivity contribution in [3.63, 3.8) is 0 Å². The van der Waals surface area contributed by atoms with E-state index in [0.29, 0.717) is 0 Å². The lowest BCUT2D eigenvalue weighted by Gasteiger charge is -2.13. The Morgan fingerprint density at radius 1 is 1.08 bits per heavy atom.